The lowest BCUT2D eigenvalue weighted by Gasteiger charge is -2.05. The molecular weight excluding hydrogens is 564 g/mol. The van der Waals surface area contributed by atoms with Gasteiger partial charge in [0.15, 0.2) is 44.8 Å². The quantitative estimate of drug-likeness (QED) is 0.178. The molecule has 0 unspecified atom stereocenters. The third-order valence-corrected chi connectivity index (χ3v) is 7.37. The van der Waals surface area contributed by atoms with Gasteiger partial charge in [-0.1, -0.05) is 58.5 Å². The molecule has 0 amide bonds. The number of benzene rings is 2. The van der Waals surface area contributed by atoms with Gasteiger partial charge in [0.1, 0.15) is 0 Å². The number of carbonyl (C=O) groups excluding carboxylic acids is 2. The first-order valence-corrected chi connectivity index (χ1v) is 13.4. The number of Topliss-reactive ketones (excluding diaryl/α,β-unsaturated/α-hetero) is 2. The largest absolute Gasteiger partial charge is 0.443 e. The highest BCUT2D eigenvalue weighted by Gasteiger charge is 2.18. The van der Waals surface area contributed by atoms with Crippen molar-refractivity contribution in [3.8, 4) is 32.1 Å². The normalized spacial score (nSPS) is 10.4. The average molecular weight is 584 g/mol. The van der Waals surface area contributed by atoms with E-state index in [0.717, 1.165) is 21.8 Å². The number of ketones is 2. The number of carbonyl (C=O) groups is 2. The molecule has 0 aliphatic heterocycles. The molecule has 198 valence electrons. The number of aromatic nitrogens is 1. The molecule has 3 aromatic heterocycles. The summed E-state index contributed by atoms with van der Waals surface area (Å²) in [5.74, 6) is -1.05. The molecule has 10 heteroatoms. The summed E-state index contributed by atoms with van der Waals surface area (Å²) in [4.78, 5) is 28.0. The van der Waals surface area contributed by atoms with Crippen molar-refractivity contribution in [2.24, 2.45) is 0 Å². The minimum absolute atomic E-state index is 0.0773. The van der Waals surface area contributed by atoms with Crippen molar-refractivity contribution in [1.82, 2.24) is 4.98 Å². The van der Waals surface area contributed by atoms with Gasteiger partial charge in [0.05, 0.1) is 15.5 Å². The van der Waals surface area contributed by atoms with E-state index in [1.807, 2.05) is 12.1 Å². The Morgan fingerprint density at radius 1 is 0.744 bits per heavy atom. The van der Waals surface area contributed by atoms with Crippen molar-refractivity contribution < 1.29 is 27.8 Å². The van der Waals surface area contributed by atoms with Crippen LogP contribution in [-0.2, 0) is 0 Å². The first-order valence-electron chi connectivity index (χ1n) is 11.4. The van der Waals surface area contributed by atoms with Crippen molar-refractivity contribution in [2.75, 3.05) is 0 Å². The number of para-hydroxylation sites is 2. The molecule has 5 nitrogen and oxygen atoms in total. The van der Waals surface area contributed by atoms with E-state index in [0.29, 0.717) is 25.6 Å². The fourth-order valence-electron chi connectivity index (χ4n) is 3.28. The summed E-state index contributed by atoms with van der Waals surface area (Å²) in [6, 6.07) is 19.1. The molecular formula is C29H20ClF2NO4S2. The summed E-state index contributed by atoms with van der Waals surface area (Å²) in [5.41, 5.74) is 1.74. The number of ether oxygens (including phenoxy) is 2. The van der Waals surface area contributed by atoms with Crippen LogP contribution in [0.5, 0.6) is 21.6 Å². The third kappa shape index (κ3) is 7.14. The van der Waals surface area contributed by atoms with Gasteiger partial charge in [0.25, 0.3) is 0 Å². The lowest BCUT2D eigenvalue weighted by Crippen LogP contribution is -1.93. The van der Waals surface area contributed by atoms with E-state index in [1.54, 1.807) is 42.7 Å². The van der Waals surface area contributed by atoms with Gasteiger partial charge in [-0.15, -0.1) is 0 Å². The van der Waals surface area contributed by atoms with Gasteiger partial charge in [-0.25, -0.2) is 8.78 Å². The zero-order chi connectivity index (χ0) is 27.9. The Kier molecular flexibility index (Phi) is 9.19. The average Bonchev–Trinajstić information content (AvgIpc) is 3.51. The Morgan fingerprint density at radius 2 is 1.23 bits per heavy atom. The van der Waals surface area contributed by atoms with Gasteiger partial charge in [0, 0.05) is 17.3 Å². The number of rotatable bonds is 7. The maximum Gasteiger partial charge on any atom is 0.193 e. The maximum absolute atomic E-state index is 13.7. The number of thiophene rings is 2. The van der Waals surface area contributed by atoms with Crippen LogP contribution in [0, 0.1) is 11.6 Å². The first kappa shape index (κ1) is 28.1. The Bertz CT molecular complexity index is 1620. The second-order valence-corrected chi connectivity index (χ2v) is 10.6. The van der Waals surface area contributed by atoms with E-state index in [2.05, 4.69) is 4.98 Å². The van der Waals surface area contributed by atoms with E-state index in [9.17, 15) is 18.4 Å². The monoisotopic (exact) mass is 583 g/mol. The second-order valence-electron chi connectivity index (χ2n) is 7.98. The number of nitrogens with zero attached hydrogens (tertiary/aromatic N) is 1. The van der Waals surface area contributed by atoms with Crippen molar-refractivity contribution >= 4 is 45.8 Å². The Balaban J connectivity index is 0.000000187. The molecule has 0 radical (unpaired) electrons. The van der Waals surface area contributed by atoms with Crippen LogP contribution in [0.4, 0.5) is 8.78 Å². The molecule has 0 fully saturated rings. The molecule has 0 saturated carbocycles. The van der Waals surface area contributed by atoms with Gasteiger partial charge in [0.2, 0.25) is 0 Å². The molecule has 0 aliphatic carbocycles. The van der Waals surface area contributed by atoms with E-state index in [1.165, 1.54) is 55.5 Å². The Labute approximate surface area is 236 Å². The summed E-state index contributed by atoms with van der Waals surface area (Å²) in [5, 5.41) is 0.706. The molecule has 3 heterocycles. The predicted molar refractivity (Wildman–Crippen MR) is 150 cm³/mol. The highest BCUT2D eigenvalue weighted by Crippen LogP contribution is 2.40. The SMILES string of the molecule is CC(=O)c1cc(-c2ccncc2)sc1Oc1ccccc1F.CC(=O)c1cc(Cl)sc1Oc1ccccc1F. The van der Waals surface area contributed by atoms with E-state index >= 15 is 0 Å². The minimum atomic E-state index is -0.480. The van der Waals surface area contributed by atoms with Crippen LogP contribution >= 0.6 is 34.3 Å². The maximum atomic E-state index is 13.7. The fourth-order valence-corrected chi connectivity index (χ4v) is 5.47. The molecule has 0 spiro atoms. The second kappa shape index (κ2) is 12.8. The van der Waals surface area contributed by atoms with Gasteiger partial charge in [-0.2, -0.15) is 0 Å². The van der Waals surface area contributed by atoms with Gasteiger partial charge < -0.3 is 9.47 Å². The smallest absolute Gasteiger partial charge is 0.193 e. The van der Waals surface area contributed by atoms with E-state index in [4.69, 9.17) is 21.1 Å². The highest BCUT2D eigenvalue weighted by molar-refractivity contribution is 7.18. The predicted octanol–water partition coefficient (Wildman–Crippen LogP) is 9.48. The summed E-state index contributed by atoms with van der Waals surface area (Å²) < 4.78 is 38.5. The van der Waals surface area contributed by atoms with E-state index < -0.39 is 11.6 Å². The van der Waals surface area contributed by atoms with Crippen molar-refractivity contribution in [3.63, 3.8) is 0 Å². The van der Waals surface area contributed by atoms with E-state index in [-0.39, 0.29) is 23.1 Å². The molecule has 0 N–H and O–H groups in total. The lowest BCUT2D eigenvalue weighted by molar-refractivity contribution is 0.100. The lowest BCUT2D eigenvalue weighted by atomic mass is 10.1. The molecule has 5 aromatic rings. The van der Waals surface area contributed by atoms with Crippen molar-refractivity contribution in [2.45, 2.75) is 13.8 Å². The summed E-state index contributed by atoms with van der Waals surface area (Å²) in [6.45, 7) is 2.87. The number of hydrogen-bond donors (Lipinski definition) is 0. The summed E-state index contributed by atoms with van der Waals surface area (Å²) >= 11 is 8.22. The summed E-state index contributed by atoms with van der Waals surface area (Å²) in [6.07, 6.45) is 3.36. The minimum Gasteiger partial charge on any atom is -0.443 e. The zero-order valence-corrected chi connectivity index (χ0v) is 23.0. The molecule has 0 atom stereocenters. The topological polar surface area (TPSA) is 65.5 Å². The molecule has 0 saturated heterocycles. The van der Waals surface area contributed by atoms with Crippen LogP contribution in [0.3, 0.4) is 0 Å². The summed E-state index contributed by atoms with van der Waals surface area (Å²) in [7, 11) is 0. The van der Waals surface area contributed by atoms with Gasteiger partial charge >= 0.3 is 0 Å². The molecule has 2 aromatic carbocycles. The van der Waals surface area contributed by atoms with Crippen LogP contribution < -0.4 is 9.47 Å². The van der Waals surface area contributed by atoms with Crippen LogP contribution in [0.1, 0.15) is 34.6 Å². The first-order chi connectivity index (χ1) is 18.7. The molecule has 39 heavy (non-hydrogen) atoms. The van der Waals surface area contributed by atoms with Crippen LogP contribution in [0.25, 0.3) is 10.4 Å². The highest BCUT2D eigenvalue weighted by atomic mass is 35.5. The number of hydrogen-bond acceptors (Lipinski definition) is 7. The van der Waals surface area contributed by atoms with Crippen molar-refractivity contribution in [1.29, 1.82) is 0 Å². The molecule has 5 rings (SSSR count). The number of halogens is 3. The Morgan fingerprint density at radius 3 is 1.74 bits per heavy atom. The zero-order valence-electron chi connectivity index (χ0n) is 20.6. The van der Waals surface area contributed by atoms with Crippen LogP contribution in [-0.4, -0.2) is 16.6 Å². The van der Waals surface area contributed by atoms with Crippen molar-refractivity contribution in [3.05, 3.63) is 112 Å². The van der Waals surface area contributed by atoms with Gasteiger partial charge in [-0.05, 0) is 67.9 Å². The Hall–Kier alpha value is -3.92. The third-order valence-electron chi connectivity index (χ3n) is 5.17. The molecule has 0 bridgehead atoms. The molecule has 0 aliphatic rings. The van der Waals surface area contributed by atoms with Crippen LogP contribution in [0.15, 0.2) is 85.2 Å². The van der Waals surface area contributed by atoms with Crippen LogP contribution in [0.2, 0.25) is 4.34 Å². The van der Waals surface area contributed by atoms with Gasteiger partial charge in [-0.3, -0.25) is 14.6 Å². The number of pyridine rings is 1. The fraction of sp³-hybridized carbons (Fsp3) is 0.0690. The standard InChI is InChI=1S/C17H12FNO2S.C12H8ClFO2S/c1-11(20)13-10-16(12-6-8-19-9-7-12)22-17(13)21-15-5-3-2-4-14(15)18;1-7(15)8-6-11(13)17-12(8)16-10-5-3-2-4-9(10)14/h2-10H,1H3;2-6H,1H3.